The van der Waals surface area contributed by atoms with Gasteiger partial charge in [-0.05, 0) is 41.3 Å². The summed E-state index contributed by atoms with van der Waals surface area (Å²) in [6, 6.07) is 24.8. The van der Waals surface area contributed by atoms with E-state index < -0.39 is 0 Å². The number of carbonyl (C=O) groups excluding carboxylic acids is 1. The molecule has 0 unspecified atom stereocenters. The lowest BCUT2D eigenvalue weighted by Gasteiger charge is -2.04. The number of thioether (sulfide) groups is 1. The Kier molecular flexibility index (Phi) is 4.92. The molecule has 0 radical (unpaired) electrons. The van der Waals surface area contributed by atoms with Gasteiger partial charge in [-0.15, -0.1) is 0 Å². The van der Waals surface area contributed by atoms with Crippen molar-refractivity contribution in [2.45, 2.75) is 24.2 Å². The molecule has 0 bridgehead atoms. The zero-order valence-electron chi connectivity index (χ0n) is 12.4. The summed E-state index contributed by atoms with van der Waals surface area (Å²) in [4.78, 5) is 13.1. The molecule has 3 aromatic rings. The summed E-state index contributed by atoms with van der Waals surface area (Å²) in [6.07, 6.45) is 2.49. The first-order valence-corrected chi connectivity index (χ1v) is 8.36. The van der Waals surface area contributed by atoms with Gasteiger partial charge in [0.15, 0.2) is 5.12 Å². The van der Waals surface area contributed by atoms with Crippen LogP contribution in [0.2, 0.25) is 0 Å². The SMILES string of the molecule is O=C(CCCc1ccccc1)Sc1ccc2ccccc2c1. The molecule has 0 N–H and O–H groups in total. The second-order valence-corrected chi connectivity index (χ2v) is 6.45. The molecule has 3 rings (SSSR count). The van der Waals surface area contributed by atoms with Gasteiger partial charge in [0.1, 0.15) is 0 Å². The van der Waals surface area contributed by atoms with Crippen molar-refractivity contribution in [1.82, 2.24) is 0 Å². The molecule has 0 fully saturated rings. The maximum Gasteiger partial charge on any atom is 0.193 e. The van der Waals surface area contributed by atoms with Gasteiger partial charge in [0.2, 0.25) is 0 Å². The van der Waals surface area contributed by atoms with Crippen LogP contribution in [0.15, 0.2) is 77.7 Å². The molecule has 110 valence electrons. The molecular formula is C20H18OS. The van der Waals surface area contributed by atoms with Crippen molar-refractivity contribution in [3.63, 3.8) is 0 Å². The van der Waals surface area contributed by atoms with Crippen molar-refractivity contribution in [3.05, 3.63) is 78.4 Å². The highest BCUT2D eigenvalue weighted by Crippen LogP contribution is 2.25. The predicted molar refractivity (Wildman–Crippen MR) is 94.2 cm³/mol. The van der Waals surface area contributed by atoms with E-state index in [2.05, 4.69) is 36.4 Å². The predicted octanol–water partition coefficient (Wildman–Crippen LogP) is 5.48. The lowest BCUT2D eigenvalue weighted by Crippen LogP contribution is -1.94. The second-order valence-electron chi connectivity index (χ2n) is 5.32. The van der Waals surface area contributed by atoms with Gasteiger partial charge in [0.05, 0.1) is 0 Å². The minimum absolute atomic E-state index is 0.242. The largest absolute Gasteiger partial charge is 0.287 e. The Hall–Kier alpha value is -2.06. The third-order valence-electron chi connectivity index (χ3n) is 3.64. The molecule has 1 nitrogen and oxygen atoms in total. The highest BCUT2D eigenvalue weighted by atomic mass is 32.2. The summed E-state index contributed by atoms with van der Waals surface area (Å²) in [7, 11) is 0. The van der Waals surface area contributed by atoms with Gasteiger partial charge >= 0.3 is 0 Å². The first-order chi connectivity index (χ1) is 10.8. The number of benzene rings is 3. The number of rotatable bonds is 5. The molecule has 0 aromatic heterocycles. The zero-order chi connectivity index (χ0) is 15.2. The summed E-state index contributed by atoms with van der Waals surface area (Å²) in [5.74, 6) is 0. The van der Waals surface area contributed by atoms with Crippen LogP contribution in [0.5, 0.6) is 0 Å². The third-order valence-corrected chi connectivity index (χ3v) is 4.56. The van der Waals surface area contributed by atoms with Gasteiger partial charge in [-0.25, -0.2) is 0 Å². The summed E-state index contributed by atoms with van der Waals surface area (Å²) < 4.78 is 0. The van der Waals surface area contributed by atoms with Crippen LogP contribution in [0.4, 0.5) is 0 Å². The molecule has 0 saturated heterocycles. The van der Waals surface area contributed by atoms with Gasteiger partial charge in [-0.2, -0.15) is 0 Å². The number of carbonyl (C=O) groups is 1. The van der Waals surface area contributed by atoms with E-state index in [1.807, 2.05) is 36.4 Å². The maximum absolute atomic E-state index is 12.1. The Morgan fingerprint density at radius 2 is 1.55 bits per heavy atom. The maximum atomic E-state index is 12.1. The van der Waals surface area contributed by atoms with E-state index in [-0.39, 0.29) is 5.12 Å². The summed E-state index contributed by atoms with van der Waals surface area (Å²) >= 11 is 1.35. The van der Waals surface area contributed by atoms with E-state index in [9.17, 15) is 4.79 Å². The Balaban J connectivity index is 1.54. The normalized spacial score (nSPS) is 10.7. The van der Waals surface area contributed by atoms with Gasteiger partial charge in [-0.1, -0.05) is 72.4 Å². The van der Waals surface area contributed by atoms with Gasteiger partial charge in [0, 0.05) is 11.3 Å². The number of hydrogen-bond donors (Lipinski definition) is 0. The summed E-state index contributed by atoms with van der Waals surface area (Å²) in [6.45, 7) is 0. The highest BCUT2D eigenvalue weighted by molar-refractivity contribution is 8.13. The minimum Gasteiger partial charge on any atom is -0.287 e. The lowest BCUT2D eigenvalue weighted by molar-refractivity contribution is -0.111. The standard InChI is InChI=1S/C20H18OS/c21-20(12-6-9-16-7-2-1-3-8-16)22-19-14-13-17-10-4-5-11-18(17)15-19/h1-5,7-8,10-11,13-15H,6,9,12H2. The Morgan fingerprint density at radius 1 is 0.818 bits per heavy atom. The van der Waals surface area contributed by atoms with Crippen LogP contribution in [-0.2, 0) is 11.2 Å². The Labute approximate surface area is 135 Å². The quantitative estimate of drug-likeness (QED) is 0.580. The molecule has 0 atom stereocenters. The van der Waals surface area contributed by atoms with E-state index in [0.717, 1.165) is 17.7 Å². The van der Waals surface area contributed by atoms with Crippen LogP contribution < -0.4 is 0 Å². The van der Waals surface area contributed by atoms with E-state index in [1.54, 1.807) is 0 Å². The van der Waals surface area contributed by atoms with Crippen molar-refractivity contribution >= 4 is 27.6 Å². The van der Waals surface area contributed by atoms with E-state index in [0.29, 0.717) is 6.42 Å². The fourth-order valence-corrected chi connectivity index (χ4v) is 3.33. The summed E-state index contributed by atoms with van der Waals surface area (Å²) in [5.41, 5.74) is 1.30. The van der Waals surface area contributed by atoms with Crippen LogP contribution in [0.1, 0.15) is 18.4 Å². The molecule has 0 heterocycles. The average Bonchev–Trinajstić information content (AvgIpc) is 2.56. The number of fused-ring (bicyclic) bond motifs is 1. The fourth-order valence-electron chi connectivity index (χ4n) is 2.49. The lowest BCUT2D eigenvalue weighted by atomic mass is 10.1. The van der Waals surface area contributed by atoms with Crippen molar-refractivity contribution in [2.24, 2.45) is 0 Å². The average molecular weight is 306 g/mol. The summed E-state index contributed by atoms with van der Waals surface area (Å²) in [5, 5.41) is 2.64. The van der Waals surface area contributed by atoms with Crippen LogP contribution in [0.3, 0.4) is 0 Å². The molecule has 0 aliphatic rings. The van der Waals surface area contributed by atoms with Crippen LogP contribution in [0.25, 0.3) is 10.8 Å². The Morgan fingerprint density at radius 3 is 2.36 bits per heavy atom. The molecular weight excluding hydrogens is 288 g/mol. The Bertz CT molecular complexity index is 765. The van der Waals surface area contributed by atoms with Crippen molar-refractivity contribution in [3.8, 4) is 0 Å². The highest BCUT2D eigenvalue weighted by Gasteiger charge is 2.06. The molecule has 0 amide bonds. The third kappa shape index (κ3) is 3.99. The molecule has 0 aliphatic heterocycles. The zero-order valence-corrected chi connectivity index (χ0v) is 13.2. The van der Waals surface area contributed by atoms with Crippen molar-refractivity contribution in [1.29, 1.82) is 0 Å². The number of aryl methyl sites for hydroxylation is 1. The smallest absolute Gasteiger partial charge is 0.193 e. The first-order valence-electron chi connectivity index (χ1n) is 7.55. The minimum atomic E-state index is 0.242. The van der Waals surface area contributed by atoms with Crippen LogP contribution in [-0.4, -0.2) is 5.12 Å². The molecule has 0 spiro atoms. The number of hydrogen-bond acceptors (Lipinski definition) is 2. The topological polar surface area (TPSA) is 17.1 Å². The van der Waals surface area contributed by atoms with E-state index in [4.69, 9.17) is 0 Å². The van der Waals surface area contributed by atoms with Crippen LogP contribution >= 0.6 is 11.8 Å². The molecule has 3 aromatic carbocycles. The van der Waals surface area contributed by atoms with Crippen LogP contribution in [0, 0.1) is 0 Å². The van der Waals surface area contributed by atoms with Gasteiger partial charge in [-0.3, -0.25) is 4.79 Å². The fraction of sp³-hybridized carbons (Fsp3) is 0.150. The van der Waals surface area contributed by atoms with Crippen molar-refractivity contribution in [2.75, 3.05) is 0 Å². The monoisotopic (exact) mass is 306 g/mol. The van der Waals surface area contributed by atoms with Gasteiger partial charge < -0.3 is 0 Å². The first kappa shape index (κ1) is 14.9. The molecule has 22 heavy (non-hydrogen) atoms. The van der Waals surface area contributed by atoms with E-state index in [1.165, 1.54) is 28.1 Å². The molecule has 2 heteroatoms. The molecule has 0 aliphatic carbocycles. The van der Waals surface area contributed by atoms with E-state index >= 15 is 0 Å². The van der Waals surface area contributed by atoms with Gasteiger partial charge in [0.25, 0.3) is 0 Å². The molecule has 0 saturated carbocycles. The second kappa shape index (κ2) is 7.28. The van der Waals surface area contributed by atoms with Crippen molar-refractivity contribution < 1.29 is 4.79 Å².